The van der Waals surface area contributed by atoms with E-state index in [1.165, 1.54) is 6.07 Å². The Bertz CT molecular complexity index is 482. The van der Waals surface area contributed by atoms with Crippen molar-refractivity contribution < 1.29 is 9.50 Å². The maximum atomic E-state index is 13.7. The van der Waals surface area contributed by atoms with E-state index in [1.807, 2.05) is 0 Å². The monoisotopic (exact) mass is 400 g/mol. The molecule has 1 saturated heterocycles. The van der Waals surface area contributed by atoms with Crippen LogP contribution in [0.2, 0.25) is 0 Å². The first-order chi connectivity index (χ1) is 9.18. The van der Waals surface area contributed by atoms with Crippen LogP contribution in [0.15, 0.2) is 16.6 Å². The number of piperazine rings is 1. The maximum absolute atomic E-state index is 13.7. The molecule has 120 valence electrons. The summed E-state index contributed by atoms with van der Waals surface area (Å²) in [5.41, 5.74) is 0.726. The summed E-state index contributed by atoms with van der Waals surface area (Å²) >= 11 is 3.48. The molecule has 3 nitrogen and oxygen atoms in total. The minimum atomic E-state index is -0.529. The second kappa shape index (κ2) is 7.97. The van der Waals surface area contributed by atoms with Crippen molar-refractivity contribution in [3.63, 3.8) is 0 Å². The minimum absolute atomic E-state index is 0. The molecule has 1 saturated carbocycles. The number of rotatable bonds is 3. The van der Waals surface area contributed by atoms with E-state index in [4.69, 9.17) is 0 Å². The van der Waals surface area contributed by atoms with E-state index in [0.717, 1.165) is 49.1 Å². The lowest BCUT2D eigenvalue weighted by atomic mass is 9.98. The molecule has 0 unspecified atom stereocenters. The topological polar surface area (TPSA) is 35.5 Å². The van der Waals surface area contributed by atoms with Crippen LogP contribution in [0.1, 0.15) is 24.4 Å². The summed E-state index contributed by atoms with van der Waals surface area (Å²) in [7, 11) is 0. The second-order valence-corrected chi connectivity index (χ2v) is 6.21. The number of nitrogens with one attached hydrogen (secondary N) is 1. The average Bonchev–Trinajstić information content (AvgIpc) is 3.24. The Morgan fingerprint density at radius 1 is 1.24 bits per heavy atom. The van der Waals surface area contributed by atoms with Gasteiger partial charge in [-0.25, -0.2) is 4.39 Å². The third kappa shape index (κ3) is 4.02. The van der Waals surface area contributed by atoms with Gasteiger partial charge < -0.3 is 10.4 Å². The number of phenols is 1. The maximum Gasteiger partial charge on any atom is 0.165 e. The van der Waals surface area contributed by atoms with Gasteiger partial charge in [-0.2, -0.15) is 0 Å². The molecule has 1 aromatic rings. The van der Waals surface area contributed by atoms with Crippen molar-refractivity contribution in [2.75, 3.05) is 26.2 Å². The van der Waals surface area contributed by atoms with E-state index in [0.29, 0.717) is 5.92 Å². The number of nitrogens with zero attached hydrogens (tertiary/aromatic N) is 1. The number of aromatic hydroxyl groups is 1. The van der Waals surface area contributed by atoms with Crippen LogP contribution in [-0.2, 0) is 0 Å². The van der Waals surface area contributed by atoms with Crippen LogP contribution in [0.3, 0.4) is 0 Å². The quantitative estimate of drug-likeness (QED) is 0.813. The first kappa shape index (κ1) is 19.0. The lowest BCUT2D eigenvalue weighted by Gasteiger charge is -2.36. The summed E-state index contributed by atoms with van der Waals surface area (Å²) in [5.74, 6) is -0.175. The van der Waals surface area contributed by atoms with Crippen LogP contribution in [0.5, 0.6) is 5.75 Å². The van der Waals surface area contributed by atoms with Crippen LogP contribution in [0.4, 0.5) is 4.39 Å². The highest BCUT2D eigenvalue weighted by molar-refractivity contribution is 9.10. The summed E-state index contributed by atoms with van der Waals surface area (Å²) in [6.07, 6.45) is 2.33. The lowest BCUT2D eigenvalue weighted by Crippen LogP contribution is -2.45. The van der Waals surface area contributed by atoms with Gasteiger partial charge in [0.25, 0.3) is 0 Å². The molecule has 2 N–H and O–H groups in total. The Hall–Kier alpha value is -0.0700. The van der Waals surface area contributed by atoms with Gasteiger partial charge in [0, 0.05) is 42.3 Å². The highest BCUT2D eigenvalue weighted by Gasteiger charge is 2.39. The third-order valence-corrected chi connectivity index (χ3v) is 4.72. The average molecular weight is 402 g/mol. The van der Waals surface area contributed by atoms with Crippen LogP contribution >= 0.6 is 40.7 Å². The Kier molecular flexibility index (Phi) is 7.20. The summed E-state index contributed by atoms with van der Waals surface area (Å²) in [4.78, 5) is 2.37. The fourth-order valence-corrected chi connectivity index (χ4v) is 3.48. The smallest absolute Gasteiger partial charge is 0.165 e. The molecule has 0 amide bonds. The molecule has 1 aliphatic carbocycles. The summed E-state index contributed by atoms with van der Waals surface area (Å²) in [6, 6.07) is 3.14. The highest BCUT2D eigenvalue weighted by Crippen LogP contribution is 2.49. The molecule has 0 spiro atoms. The fourth-order valence-electron chi connectivity index (χ4n) is 2.93. The van der Waals surface area contributed by atoms with Crippen molar-refractivity contribution in [3.8, 4) is 5.75 Å². The van der Waals surface area contributed by atoms with Crippen molar-refractivity contribution in [3.05, 3.63) is 28.0 Å². The molecule has 1 aliphatic heterocycles. The van der Waals surface area contributed by atoms with E-state index in [-0.39, 0.29) is 36.6 Å². The van der Waals surface area contributed by atoms with Gasteiger partial charge in [0.2, 0.25) is 0 Å². The predicted octanol–water partition coefficient (Wildman–Crippen LogP) is 3.49. The Labute approximate surface area is 145 Å². The molecule has 2 aliphatic rings. The third-order valence-electron chi connectivity index (χ3n) is 4.02. The van der Waals surface area contributed by atoms with Crippen LogP contribution in [-0.4, -0.2) is 36.2 Å². The summed E-state index contributed by atoms with van der Waals surface area (Å²) < 4.78 is 14.5. The van der Waals surface area contributed by atoms with E-state index in [2.05, 4.69) is 26.1 Å². The predicted molar refractivity (Wildman–Crippen MR) is 90.2 cm³/mol. The van der Waals surface area contributed by atoms with Crippen LogP contribution < -0.4 is 5.32 Å². The lowest BCUT2D eigenvalue weighted by molar-refractivity contribution is 0.152. The van der Waals surface area contributed by atoms with Crippen molar-refractivity contribution in [1.82, 2.24) is 10.2 Å². The van der Waals surface area contributed by atoms with Gasteiger partial charge in [-0.3, -0.25) is 4.90 Å². The molecule has 7 heteroatoms. The van der Waals surface area contributed by atoms with Crippen molar-refractivity contribution in [2.24, 2.45) is 5.92 Å². The van der Waals surface area contributed by atoms with Gasteiger partial charge in [-0.05, 0) is 30.9 Å². The molecule has 0 bridgehead atoms. The van der Waals surface area contributed by atoms with Crippen LogP contribution in [0.25, 0.3) is 0 Å². The molecule has 21 heavy (non-hydrogen) atoms. The Morgan fingerprint density at radius 2 is 1.86 bits per heavy atom. The van der Waals surface area contributed by atoms with E-state index in [1.54, 1.807) is 6.07 Å². The molecular formula is C14H20BrCl2FN2O. The molecule has 1 heterocycles. The van der Waals surface area contributed by atoms with Crippen LogP contribution in [0, 0.1) is 11.7 Å². The SMILES string of the molecule is Cl.Cl.Oc1c(F)ccc(Br)c1[C@H](C1CC1)N1CCNCC1. The highest BCUT2D eigenvalue weighted by atomic mass is 79.9. The molecule has 2 fully saturated rings. The van der Waals surface area contributed by atoms with Gasteiger partial charge in [-0.1, -0.05) is 15.9 Å². The summed E-state index contributed by atoms with van der Waals surface area (Å²) in [5, 5.41) is 13.4. The number of hydrogen-bond donors (Lipinski definition) is 2. The first-order valence-corrected chi connectivity index (χ1v) is 7.59. The number of phenolic OH excluding ortho intramolecular Hbond substituents is 1. The van der Waals surface area contributed by atoms with E-state index >= 15 is 0 Å². The molecule has 3 rings (SSSR count). The standard InChI is InChI=1S/C14H18BrFN2O.2ClH/c15-10-3-4-11(16)14(19)12(10)13(9-1-2-9)18-7-5-17-6-8-18;;/h3-4,9,13,17,19H,1-2,5-8H2;2*1H/t13-;;/m0../s1. The molecular weight excluding hydrogens is 382 g/mol. The largest absolute Gasteiger partial charge is 0.505 e. The molecule has 1 atom stereocenters. The van der Waals surface area contributed by atoms with Crippen molar-refractivity contribution in [1.29, 1.82) is 0 Å². The van der Waals surface area contributed by atoms with Gasteiger partial charge in [0.1, 0.15) is 0 Å². The Balaban J connectivity index is 0.00000110. The normalized spacial score (nSPS) is 20.3. The van der Waals surface area contributed by atoms with Crippen molar-refractivity contribution >= 4 is 40.7 Å². The minimum Gasteiger partial charge on any atom is -0.505 e. The zero-order chi connectivity index (χ0) is 13.4. The molecule has 1 aromatic carbocycles. The summed E-state index contributed by atoms with van der Waals surface area (Å²) in [6.45, 7) is 3.81. The van der Waals surface area contributed by atoms with E-state index in [9.17, 15) is 9.50 Å². The molecule has 0 aromatic heterocycles. The zero-order valence-electron chi connectivity index (χ0n) is 11.5. The zero-order valence-corrected chi connectivity index (χ0v) is 14.7. The number of halogens is 4. The first-order valence-electron chi connectivity index (χ1n) is 6.80. The van der Waals surface area contributed by atoms with Gasteiger partial charge >= 0.3 is 0 Å². The fraction of sp³-hybridized carbons (Fsp3) is 0.571. The molecule has 0 radical (unpaired) electrons. The number of hydrogen-bond acceptors (Lipinski definition) is 3. The van der Waals surface area contributed by atoms with Gasteiger partial charge in [-0.15, -0.1) is 24.8 Å². The van der Waals surface area contributed by atoms with Gasteiger partial charge in [0.05, 0.1) is 0 Å². The second-order valence-electron chi connectivity index (χ2n) is 5.36. The van der Waals surface area contributed by atoms with E-state index < -0.39 is 5.82 Å². The van der Waals surface area contributed by atoms with Gasteiger partial charge in [0.15, 0.2) is 11.6 Å². The number of benzene rings is 1. The Morgan fingerprint density at radius 3 is 2.43 bits per heavy atom. The van der Waals surface area contributed by atoms with Crippen molar-refractivity contribution in [2.45, 2.75) is 18.9 Å².